The minimum Gasteiger partial charge on any atom is -0.341 e. The van der Waals surface area contributed by atoms with Gasteiger partial charge in [-0.1, -0.05) is 42.5 Å². The van der Waals surface area contributed by atoms with Gasteiger partial charge in [0.1, 0.15) is 11.5 Å². The molecule has 1 aliphatic heterocycles. The quantitative estimate of drug-likeness (QED) is 0.718. The predicted octanol–water partition coefficient (Wildman–Crippen LogP) is 2.57. The van der Waals surface area contributed by atoms with Crippen molar-refractivity contribution in [3.63, 3.8) is 0 Å². The highest BCUT2D eigenvalue weighted by molar-refractivity contribution is 6.39. The topological polar surface area (TPSA) is 90.4 Å². The van der Waals surface area contributed by atoms with Gasteiger partial charge >= 0.3 is 0 Å². The maximum Gasteiger partial charge on any atom is 0.268 e. The number of para-hydroxylation sites is 2. The van der Waals surface area contributed by atoms with Crippen molar-refractivity contribution >= 4 is 28.6 Å². The molecule has 4 rings (SSSR count). The normalized spacial score (nSPS) is 15.4. The van der Waals surface area contributed by atoms with Gasteiger partial charge in [-0.3, -0.25) is 9.59 Å². The molecule has 1 aliphatic rings. The van der Waals surface area contributed by atoms with Gasteiger partial charge in [0.25, 0.3) is 5.91 Å². The van der Waals surface area contributed by atoms with Gasteiger partial charge in [0.05, 0.1) is 17.1 Å². The van der Waals surface area contributed by atoms with Crippen LogP contribution in [0.3, 0.4) is 0 Å². The first-order valence-corrected chi connectivity index (χ1v) is 9.23. The molecule has 0 spiro atoms. The Labute approximate surface area is 162 Å². The molecule has 1 aromatic heterocycles. The fourth-order valence-corrected chi connectivity index (χ4v) is 3.28. The average molecular weight is 375 g/mol. The number of rotatable bonds is 5. The number of benzene rings is 2. The molecule has 1 atom stereocenters. The first-order chi connectivity index (χ1) is 13.6. The van der Waals surface area contributed by atoms with Gasteiger partial charge in [0.2, 0.25) is 5.91 Å². The number of H-pyrrole nitrogens is 1. The molecule has 2 amide bonds. The summed E-state index contributed by atoms with van der Waals surface area (Å²) in [5.41, 5.74) is 3.22. The maximum absolute atomic E-state index is 12.8. The lowest BCUT2D eigenvalue weighted by Crippen LogP contribution is -2.40. The van der Waals surface area contributed by atoms with Crippen LogP contribution in [0.15, 0.2) is 59.7 Å². The summed E-state index contributed by atoms with van der Waals surface area (Å²) < 4.78 is 0. The number of carbonyl (C=O) groups is 2. The van der Waals surface area contributed by atoms with Crippen LogP contribution >= 0.6 is 0 Å². The molecule has 0 saturated heterocycles. The predicted molar refractivity (Wildman–Crippen MR) is 107 cm³/mol. The summed E-state index contributed by atoms with van der Waals surface area (Å²) >= 11 is 0. The molecule has 7 nitrogen and oxygen atoms in total. The number of aromatic amines is 1. The Morgan fingerprint density at radius 3 is 2.64 bits per heavy atom. The number of carbonyl (C=O) groups excluding carboxylic acids is 2. The number of aromatic nitrogens is 2. The van der Waals surface area contributed by atoms with Crippen LogP contribution in [0.2, 0.25) is 0 Å². The Morgan fingerprint density at radius 2 is 1.89 bits per heavy atom. The van der Waals surface area contributed by atoms with Crippen molar-refractivity contribution in [1.29, 1.82) is 0 Å². The molecule has 7 heteroatoms. The van der Waals surface area contributed by atoms with Crippen molar-refractivity contribution in [3.8, 4) is 0 Å². The van der Waals surface area contributed by atoms with Crippen LogP contribution in [0, 0.1) is 0 Å². The second-order valence-electron chi connectivity index (χ2n) is 6.82. The number of hydrogen-bond acceptors (Lipinski definition) is 4. The highest BCUT2D eigenvalue weighted by Gasteiger charge is 2.25. The first kappa shape index (κ1) is 17.9. The van der Waals surface area contributed by atoms with E-state index in [4.69, 9.17) is 0 Å². The van der Waals surface area contributed by atoms with Gasteiger partial charge in [-0.05, 0) is 24.1 Å². The van der Waals surface area contributed by atoms with Crippen LogP contribution in [-0.2, 0) is 16.0 Å². The van der Waals surface area contributed by atoms with Gasteiger partial charge in [-0.25, -0.2) is 9.99 Å². The van der Waals surface area contributed by atoms with E-state index in [1.54, 1.807) is 7.05 Å². The zero-order valence-corrected chi connectivity index (χ0v) is 15.6. The first-order valence-electron chi connectivity index (χ1n) is 9.23. The molecule has 0 bridgehead atoms. The van der Waals surface area contributed by atoms with Crippen LogP contribution in [0.4, 0.5) is 0 Å². The minimum atomic E-state index is -0.340. The molecule has 142 valence electrons. The number of imidazole rings is 1. The number of fused-ring (bicyclic) bond motifs is 1. The van der Waals surface area contributed by atoms with E-state index in [1.807, 2.05) is 54.6 Å². The van der Waals surface area contributed by atoms with Gasteiger partial charge in [0, 0.05) is 19.9 Å². The fourth-order valence-electron chi connectivity index (χ4n) is 3.28. The minimum absolute atomic E-state index is 0.0883. The van der Waals surface area contributed by atoms with Crippen molar-refractivity contribution in [2.75, 3.05) is 7.05 Å². The van der Waals surface area contributed by atoms with Gasteiger partial charge in [-0.2, -0.15) is 5.10 Å². The number of amides is 2. The number of nitrogens with one attached hydrogen (secondary N) is 2. The van der Waals surface area contributed by atoms with E-state index in [0.29, 0.717) is 24.4 Å². The summed E-state index contributed by atoms with van der Waals surface area (Å²) in [7, 11) is 1.56. The molecule has 0 radical (unpaired) electrons. The highest BCUT2D eigenvalue weighted by atomic mass is 16.2. The molecule has 2 aromatic carbocycles. The van der Waals surface area contributed by atoms with E-state index in [2.05, 4.69) is 20.4 Å². The second-order valence-corrected chi connectivity index (χ2v) is 6.82. The van der Waals surface area contributed by atoms with Crippen molar-refractivity contribution in [1.82, 2.24) is 20.3 Å². The van der Waals surface area contributed by atoms with E-state index < -0.39 is 0 Å². The summed E-state index contributed by atoms with van der Waals surface area (Å²) in [6, 6.07) is 17.4. The van der Waals surface area contributed by atoms with E-state index in [1.165, 1.54) is 5.01 Å². The zero-order valence-electron chi connectivity index (χ0n) is 15.6. The summed E-state index contributed by atoms with van der Waals surface area (Å²) in [6.07, 6.45) is 1.22. The molecule has 2 heterocycles. The molecule has 0 aliphatic carbocycles. The molecule has 0 fully saturated rings. The van der Waals surface area contributed by atoms with Gasteiger partial charge < -0.3 is 10.3 Å². The lowest BCUT2D eigenvalue weighted by Gasteiger charge is -2.21. The smallest absolute Gasteiger partial charge is 0.268 e. The van der Waals surface area contributed by atoms with E-state index in [-0.39, 0.29) is 24.3 Å². The lowest BCUT2D eigenvalue weighted by atomic mass is 10.0. The fraction of sp³-hybridized carbons (Fsp3) is 0.238. The molecular weight excluding hydrogens is 354 g/mol. The molecule has 28 heavy (non-hydrogen) atoms. The molecule has 0 saturated carbocycles. The lowest BCUT2D eigenvalue weighted by molar-refractivity contribution is -0.130. The third-order valence-electron chi connectivity index (χ3n) is 4.80. The Bertz CT molecular complexity index is 1010. The van der Waals surface area contributed by atoms with Crippen LogP contribution in [0.25, 0.3) is 11.0 Å². The van der Waals surface area contributed by atoms with Crippen LogP contribution in [0.5, 0.6) is 0 Å². The third kappa shape index (κ3) is 3.78. The van der Waals surface area contributed by atoms with Crippen LogP contribution in [0.1, 0.15) is 30.3 Å². The summed E-state index contributed by atoms with van der Waals surface area (Å²) in [6.45, 7) is 0. The monoisotopic (exact) mass is 375 g/mol. The van der Waals surface area contributed by atoms with E-state index in [9.17, 15) is 9.59 Å². The SMILES string of the molecule is CN1N=C(C(=O)N[C@H](Cc2ccccc2)c2nc3ccccc3[nH]2)CCC1=O. The Morgan fingerprint density at radius 1 is 1.14 bits per heavy atom. The molecule has 3 aromatic rings. The van der Waals surface area contributed by atoms with Crippen molar-refractivity contribution in [2.24, 2.45) is 5.10 Å². The van der Waals surface area contributed by atoms with Crippen LogP contribution < -0.4 is 5.32 Å². The number of hydrazone groups is 1. The van der Waals surface area contributed by atoms with Crippen LogP contribution in [-0.4, -0.2) is 39.6 Å². The van der Waals surface area contributed by atoms with Crippen molar-refractivity contribution in [3.05, 3.63) is 66.0 Å². The summed E-state index contributed by atoms with van der Waals surface area (Å²) in [4.78, 5) is 32.4. The summed E-state index contributed by atoms with van der Waals surface area (Å²) in [5, 5.41) is 8.39. The standard InChI is InChI=1S/C21H21N5O2/c1-26-19(27)12-11-17(25-26)21(28)24-18(13-14-7-3-2-4-8-14)20-22-15-9-5-6-10-16(15)23-20/h2-10,18H,11-13H2,1H3,(H,22,23)(H,24,28)/t18-/m1/s1. The van der Waals surface area contributed by atoms with Gasteiger partial charge in [0.15, 0.2) is 0 Å². The second kappa shape index (κ2) is 7.64. The van der Waals surface area contributed by atoms with Crippen molar-refractivity contribution < 1.29 is 9.59 Å². The molecular formula is C21H21N5O2. The molecule has 0 unspecified atom stereocenters. The van der Waals surface area contributed by atoms with E-state index in [0.717, 1.165) is 16.6 Å². The summed E-state index contributed by atoms with van der Waals surface area (Å²) in [5.74, 6) is 0.328. The Kier molecular flexibility index (Phi) is 4.89. The highest BCUT2D eigenvalue weighted by Crippen LogP contribution is 2.20. The average Bonchev–Trinajstić information content (AvgIpc) is 3.14. The third-order valence-corrected chi connectivity index (χ3v) is 4.80. The van der Waals surface area contributed by atoms with Crippen molar-refractivity contribution in [2.45, 2.75) is 25.3 Å². The van der Waals surface area contributed by atoms with E-state index >= 15 is 0 Å². The molecule has 2 N–H and O–H groups in total. The number of hydrogen-bond donors (Lipinski definition) is 2. The zero-order chi connectivity index (χ0) is 19.5. The Balaban J connectivity index is 1.62. The maximum atomic E-state index is 12.8. The van der Waals surface area contributed by atoms with Gasteiger partial charge in [-0.15, -0.1) is 0 Å². The largest absolute Gasteiger partial charge is 0.341 e. The number of nitrogens with zero attached hydrogens (tertiary/aromatic N) is 3. The Hall–Kier alpha value is -3.48.